The predicted molar refractivity (Wildman–Crippen MR) is 97.3 cm³/mol. The summed E-state index contributed by atoms with van der Waals surface area (Å²) in [5.74, 6) is 1.55. The largest absolute Gasteiger partial charge is 0.495 e. The number of hydrogen-bond donors (Lipinski definition) is 1. The fourth-order valence-corrected chi connectivity index (χ4v) is 2.65. The third kappa shape index (κ3) is 4.20. The average molecular weight is 394 g/mol. The number of nitrogens with one attached hydrogen (secondary N) is 1. The van der Waals surface area contributed by atoms with Crippen molar-refractivity contribution in [3.8, 4) is 17.2 Å². The van der Waals surface area contributed by atoms with Gasteiger partial charge in [0.1, 0.15) is 17.2 Å². The number of ether oxygens (including phenoxy) is 3. The van der Waals surface area contributed by atoms with Gasteiger partial charge in [-0.3, -0.25) is 4.79 Å². The van der Waals surface area contributed by atoms with E-state index in [2.05, 4.69) is 21.2 Å². The Hall–Kier alpha value is -2.21. The molecule has 0 bridgehead atoms. The Morgan fingerprint density at radius 2 is 1.79 bits per heavy atom. The standard InChI is InChI=1S/C18H20BrNO4/c1-11-6-5-7-15(12(11)2)24-10-18(21)20-14-9-16(22-3)13(19)8-17(14)23-4/h5-9H,10H2,1-4H3,(H,20,21). The van der Waals surface area contributed by atoms with Gasteiger partial charge in [-0.1, -0.05) is 12.1 Å². The highest BCUT2D eigenvalue weighted by Gasteiger charge is 2.13. The number of carbonyl (C=O) groups is 1. The lowest BCUT2D eigenvalue weighted by Crippen LogP contribution is -2.21. The lowest BCUT2D eigenvalue weighted by Gasteiger charge is -2.14. The van der Waals surface area contributed by atoms with Crippen molar-refractivity contribution >= 4 is 27.5 Å². The van der Waals surface area contributed by atoms with E-state index in [0.717, 1.165) is 15.6 Å². The molecule has 5 nitrogen and oxygen atoms in total. The number of anilines is 1. The number of rotatable bonds is 6. The monoisotopic (exact) mass is 393 g/mol. The molecule has 0 unspecified atom stereocenters. The Morgan fingerprint density at radius 3 is 2.46 bits per heavy atom. The van der Waals surface area contributed by atoms with Crippen molar-refractivity contribution in [1.82, 2.24) is 0 Å². The highest BCUT2D eigenvalue weighted by Crippen LogP contribution is 2.36. The van der Waals surface area contributed by atoms with Crippen LogP contribution < -0.4 is 19.5 Å². The minimum Gasteiger partial charge on any atom is -0.495 e. The van der Waals surface area contributed by atoms with Crippen molar-refractivity contribution in [2.24, 2.45) is 0 Å². The molecular formula is C18H20BrNO4. The summed E-state index contributed by atoms with van der Waals surface area (Å²) in [4.78, 5) is 12.2. The van der Waals surface area contributed by atoms with Gasteiger partial charge < -0.3 is 19.5 Å². The first kappa shape index (κ1) is 18.1. The average Bonchev–Trinajstić information content (AvgIpc) is 2.57. The Kier molecular flexibility index (Phi) is 6.09. The first-order chi connectivity index (χ1) is 11.5. The van der Waals surface area contributed by atoms with Crippen LogP contribution in [-0.2, 0) is 4.79 Å². The first-order valence-electron chi connectivity index (χ1n) is 7.36. The molecule has 0 radical (unpaired) electrons. The number of hydrogen-bond acceptors (Lipinski definition) is 4. The normalized spacial score (nSPS) is 10.2. The molecule has 0 aliphatic rings. The van der Waals surface area contributed by atoms with E-state index in [0.29, 0.717) is 22.9 Å². The van der Waals surface area contributed by atoms with Gasteiger partial charge in [0.25, 0.3) is 5.91 Å². The molecule has 0 saturated carbocycles. The van der Waals surface area contributed by atoms with E-state index >= 15 is 0 Å². The van der Waals surface area contributed by atoms with E-state index in [1.54, 1.807) is 19.2 Å². The second-order valence-electron chi connectivity index (χ2n) is 5.22. The third-order valence-electron chi connectivity index (χ3n) is 3.66. The van der Waals surface area contributed by atoms with E-state index in [-0.39, 0.29) is 12.5 Å². The molecule has 24 heavy (non-hydrogen) atoms. The molecule has 2 aromatic carbocycles. The number of benzene rings is 2. The van der Waals surface area contributed by atoms with Gasteiger partial charge in [0.2, 0.25) is 0 Å². The highest BCUT2D eigenvalue weighted by atomic mass is 79.9. The molecule has 0 fully saturated rings. The summed E-state index contributed by atoms with van der Waals surface area (Å²) in [6, 6.07) is 9.18. The lowest BCUT2D eigenvalue weighted by molar-refractivity contribution is -0.118. The number of methoxy groups -OCH3 is 2. The van der Waals surface area contributed by atoms with E-state index in [4.69, 9.17) is 14.2 Å². The van der Waals surface area contributed by atoms with Crippen molar-refractivity contribution in [2.75, 3.05) is 26.1 Å². The summed E-state index contributed by atoms with van der Waals surface area (Å²) in [7, 11) is 3.10. The summed E-state index contributed by atoms with van der Waals surface area (Å²) < 4.78 is 16.9. The molecule has 0 aliphatic heterocycles. The number of carbonyl (C=O) groups excluding carboxylic acids is 1. The third-order valence-corrected chi connectivity index (χ3v) is 4.28. The van der Waals surface area contributed by atoms with Gasteiger partial charge in [-0.25, -0.2) is 0 Å². The molecule has 0 atom stereocenters. The molecule has 0 aromatic heterocycles. The van der Waals surface area contributed by atoms with Gasteiger partial charge in [-0.2, -0.15) is 0 Å². The summed E-state index contributed by atoms with van der Waals surface area (Å²) in [6.07, 6.45) is 0. The maximum absolute atomic E-state index is 12.2. The molecule has 0 spiro atoms. The minimum absolute atomic E-state index is 0.0914. The fourth-order valence-electron chi connectivity index (χ4n) is 2.17. The molecule has 1 N–H and O–H groups in total. The van der Waals surface area contributed by atoms with E-state index in [1.807, 2.05) is 32.0 Å². The van der Waals surface area contributed by atoms with Gasteiger partial charge >= 0.3 is 0 Å². The van der Waals surface area contributed by atoms with Gasteiger partial charge in [-0.15, -0.1) is 0 Å². The molecule has 6 heteroatoms. The zero-order chi connectivity index (χ0) is 17.7. The molecule has 128 valence electrons. The Balaban J connectivity index is 2.08. The second-order valence-corrected chi connectivity index (χ2v) is 6.08. The van der Waals surface area contributed by atoms with E-state index in [9.17, 15) is 4.79 Å². The summed E-state index contributed by atoms with van der Waals surface area (Å²) in [6.45, 7) is 3.87. The number of amides is 1. The quantitative estimate of drug-likeness (QED) is 0.802. The molecule has 2 aromatic rings. The number of halogens is 1. The zero-order valence-corrected chi connectivity index (χ0v) is 15.7. The first-order valence-corrected chi connectivity index (χ1v) is 8.16. The van der Waals surface area contributed by atoms with Crippen molar-refractivity contribution in [2.45, 2.75) is 13.8 Å². The molecule has 0 heterocycles. The van der Waals surface area contributed by atoms with E-state index in [1.165, 1.54) is 7.11 Å². The molecule has 1 amide bonds. The van der Waals surface area contributed by atoms with Gasteiger partial charge in [0.15, 0.2) is 6.61 Å². The summed E-state index contributed by atoms with van der Waals surface area (Å²) >= 11 is 3.38. The van der Waals surface area contributed by atoms with Gasteiger partial charge in [0.05, 0.1) is 24.4 Å². The topological polar surface area (TPSA) is 56.8 Å². The van der Waals surface area contributed by atoms with Crippen LogP contribution in [0, 0.1) is 13.8 Å². The molecular weight excluding hydrogens is 374 g/mol. The van der Waals surface area contributed by atoms with E-state index < -0.39 is 0 Å². The maximum Gasteiger partial charge on any atom is 0.262 e. The molecule has 0 aliphatic carbocycles. The van der Waals surface area contributed by atoms with Crippen molar-refractivity contribution < 1.29 is 19.0 Å². The maximum atomic E-state index is 12.2. The van der Waals surface area contributed by atoms with Crippen LogP contribution in [0.25, 0.3) is 0 Å². The zero-order valence-electron chi connectivity index (χ0n) is 14.1. The summed E-state index contributed by atoms with van der Waals surface area (Å²) in [5, 5.41) is 2.78. The minimum atomic E-state index is -0.279. The number of aryl methyl sites for hydroxylation is 1. The molecule has 0 saturated heterocycles. The second kappa shape index (κ2) is 8.06. The lowest BCUT2D eigenvalue weighted by atomic mass is 10.1. The Morgan fingerprint density at radius 1 is 1.08 bits per heavy atom. The molecule has 2 rings (SSSR count). The van der Waals surface area contributed by atoms with Crippen LogP contribution in [0.1, 0.15) is 11.1 Å². The van der Waals surface area contributed by atoms with Crippen molar-refractivity contribution in [3.05, 3.63) is 45.9 Å². The van der Waals surface area contributed by atoms with Crippen LogP contribution in [0.3, 0.4) is 0 Å². The predicted octanol–water partition coefficient (Wildman–Crippen LogP) is 4.10. The van der Waals surface area contributed by atoms with Crippen LogP contribution >= 0.6 is 15.9 Å². The Bertz CT molecular complexity index is 746. The van der Waals surface area contributed by atoms with Gasteiger partial charge in [0, 0.05) is 12.1 Å². The van der Waals surface area contributed by atoms with Crippen LogP contribution in [0.15, 0.2) is 34.8 Å². The van der Waals surface area contributed by atoms with Crippen molar-refractivity contribution in [3.63, 3.8) is 0 Å². The SMILES string of the molecule is COc1cc(NC(=O)COc2cccc(C)c2C)c(OC)cc1Br. The van der Waals surface area contributed by atoms with Crippen LogP contribution in [0.2, 0.25) is 0 Å². The summed E-state index contributed by atoms with van der Waals surface area (Å²) in [5.41, 5.74) is 2.66. The fraction of sp³-hybridized carbons (Fsp3) is 0.278. The van der Waals surface area contributed by atoms with Crippen LogP contribution in [-0.4, -0.2) is 26.7 Å². The van der Waals surface area contributed by atoms with Crippen molar-refractivity contribution in [1.29, 1.82) is 0 Å². The van der Waals surface area contributed by atoms with Gasteiger partial charge in [-0.05, 0) is 47.0 Å². The van der Waals surface area contributed by atoms with Crippen LogP contribution in [0.4, 0.5) is 5.69 Å². The Labute approximate surface area is 150 Å². The highest BCUT2D eigenvalue weighted by molar-refractivity contribution is 9.10. The van der Waals surface area contributed by atoms with Crippen LogP contribution in [0.5, 0.6) is 17.2 Å². The smallest absolute Gasteiger partial charge is 0.262 e.